The van der Waals surface area contributed by atoms with Crippen LogP contribution >= 0.6 is 0 Å². The normalized spacial score (nSPS) is 30.0. The zero-order valence-corrected chi connectivity index (χ0v) is 22.3. The predicted molar refractivity (Wildman–Crippen MR) is 144 cm³/mol. The number of aliphatic hydroxyl groups is 2. The molecule has 3 heterocycles. The Bertz CT molecular complexity index is 1550. The molecule has 41 heavy (non-hydrogen) atoms. The molecule has 5 atom stereocenters. The molecule has 1 aliphatic carbocycles. The van der Waals surface area contributed by atoms with Crippen molar-refractivity contribution in [3.8, 4) is 17.7 Å². The molecule has 0 unspecified atom stereocenters. The van der Waals surface area contributed by atoms with E-state index in [4.69, 9.17) is 16.0 Å². The van der Waals surface area contributed by atoms with E-state index in [1.165, 1.54) is 13.2 Å². The molecule has 2 N–H and O–H groups in total. The number of fused-ring (bicyclic) bond motifs is 3. The highest BCUT2D eigenvalue weighted by Crippen LogP contribution is 2.70. The molecule has 2 aromatic carbocycles. The van der Waals surface area contributed by atoms with Crippen LogP contribution in [-0.2, 0) is 11.2 Å². The monoisotopic (exact) mass is 558 g/mol. The number of rotatable bonds is 5. The van der Waals surface area contributed by atoms with Crippen molar-refractivity contribution in [2.45, 2.75) is 42.0 Å². The first-order chi connectivity index (χ1) is 19.7. The SMILES string of the molecule is [C-]#[N+]c1cc2c(c(OC)n1)[C@]1(O)[C@H](O)[C@H](CN3CCC(F)(F)CC3)[C@@H](c3ccccc3)[C@]1(c1ccc(C#N)cc1)O2. The summed E-state index contributed by atoms with van der Waals surface area (Å²) in [6.45, 7) is 8.04. The lowest BCUT2D eigenvalue weighted by atomic mass is 9.70. The topological polar surface area (TPSA) is 103 Å². The molecule has 0 amide bonds. The smallest absolute Gasteiger partial charge is 0.319 e. The van der Waals surface area contributed by atoms with E-state index in [1.807, 2.05) is 35.2 Å². The number of ether oxygens (including phenoxy) is 2. The minimum atomic E-state index is -2.73. The van der Waals surface area contributed by atoms with Crippen molar-refractivity contribution >= 4 is 5.82 Å². The van der Waals surface area contributed by atoms with Crippen LogP contribution in [0.25, 0.3) is 4.85 Å². The number of aromatic nitrogens is 1. The third-order valence-corrected chi connectivity index (χ3v) is 8.82. The first-order valence-corrected chi connectivity index (χ1v) is 13.4. The predicted octanol–water partition coefficient (Wildman–Crippen LogP) is 4.49. The zero-order chi connectivity index (χ0) is 29.0. The van der Waals surface area contributed by atoms with Crippen LogP contribution < -0.4 is 9.47 Å². The Kier molecular flexibility index (Phi) is 6.46. The van der Waals surface area contributed by atoms with E-state index in [2.05, 4.69) is 15.9 Å². The molecule has 0 bridgehead atoms. The number of methoxy groups -OCH3 is 1. The van der Waals surface area contributed by atoms with Crippen LogP contribution in [0.3, 0.4) is 0 Å². The van der Waals surface area contributed by atoms with Crippen molar-refractivity contribution in [3.05, 3.63) is 94.3 Å². The van der Waals surface area contributed by atoms with Gasteiger partial charge in [-0.05, 0) is 23.3 Å². The summed E-state index contributed by atoms with van der Waals surface area (Å²) in [7, 11) is 1.36. The second-order valence-electron chi connectivity index (χ2n) is 10.9. The van der Waals surface area contributed by atoms with Gasteiger partial charge < -0.3 is 29.4 Å². The Morgan fingerprint density at radius 2 is 1.85 bits per heavy atom. The lowest BCUT2D eigenvalue weighted by molar-refractivity contribution is -0.152. The molecule has 1 aromatic heterocycles. The lowest BCUT2D eigenvalue weighted by Gasteiger charge is -2.41. The van der Waals surface area contributed by atoms with Gasteiger partial charge in [-0.15, -0.1) is 0 Å². The van der Waals surface area contributed by atoms with Crippen molar-refractivity contribution in [1.82, 2.24) is 9.88 Å². The number of nitrogens with zero attached hydrogens (tertiary/aromatic N) is 4. The zero-order valence-electron chi connectivity index (χ0n) is 22.3. The molecule has 10 heteroatoms. The molecule has 3 aliphatic rings. The highest BCUT2D eigenvalue weighted by atomic mass is 19.3. The largest absolute Gasteiger partial charge is 0.479 e. The third-order valence-electron chi connectivity index (χ3n) is 8.82. The van der Waals surface area contributed by atoms with Gasteiger partial charge in [-0.2, -0.15) is 5.26 Å². The summed E-state index contributed by atoms with van der Waals surface area (Å²) in [6, 6.07) is 19.5. The number of hydrogen-bond acceptors (Lipinski definition) is 7. The van der Waals surface area contributed by atoms with Crippen LogP contribution in [0.1, 0.15) is 41.0 Å². The summed E-state index contributed by atoms with van der Waals surface area (Å²) in [4.78, 5) is 9.59. The van der Waals surface area contributed by atoms with E-state index in [0.717, 1.165) is 5.56 Å². The maximum Gasteiger partial charge on any atom is 0.319 e. The summed E-state index contributed by atoms with van der Waals surface area (Å²) in [5.74, 6) is -3.96. The van der Waals surface area contributed by atoms with Gasteiger partial charge >= 0.3 is 5.88 Å². The number of piperidine rings is 1. The number of alkyl halides is 2. The fourth-order valence-corrected chi connectivity index (χ4v) is 6.98. The number of aliphatic hydroxyl groups excluding tert-OH is 1. The van der Waals surface area contributed by atoms with Crippen molar-refractivity contribution < 1.29 is 28.5 Å². The van der Waals surface area contributed by atoms with E-state index in [1.54, 1.807) is 24.3 Å². The maximum absolute atomic E-state index is 14.0. The molecule has 210 valence electrons. The fraction of sp³-hybridized carbons (Fsp3) is 0.387. The Morgan fingerprint density at radius 1 is 1.17 bits per heavy atom. The number of halogens is 2. The molecular weight excluding hydrogens is 530 g/mol. The fourth-order valence-electron chi connectivity index (χ4n) is 6.98. The van der Waals surface area contributed by atoms with Gasteiger partial charge in [0.25, 0.3) is 11.7 Å². The van der Waals surface area contributed by atoms with E-state index in [0.29, 0.717) is 11.1 Å². The van der Waals surface area contributed by atoms with Crippen LogP contribution in [0.2, 0.25) is 0 Å². The molecule has 2 aliphatic heterocycles. The molecular formula is C31H28F2N4O4. The summed E-state index contributed by atoms with van der Waals surface area (Å²) < 4.78 is 40.3. The second-order valence-corrected chi connectivity index (χ2v) is 10.9. The first-order valence-electron chi connectivity index (χ1n) is 13.4. The first kappa shape index (κ1) is 27.1. The van der Waals surface area contributed by atoms with Crippen LogP contribution in [0, 0.1) is 23.8 Å². The van der Waals surface area contributed by atoms with Crippen molar-refractivity contribution in [2.75, 3.05) is 26.7 Å². The molecule has 8 nitrogen and oxygen atoms in total. The van der Waals surface area contributed by atoms with Crippen LogP contribution in [-0.4, -0.2) is 58.9 Å². The van der Waals surface area contributed by atoms with Gasteiger partial charge in [-0.3, -0.25) is 0 Å². The number of benzene rings is 2. The Labute approximate surface area is 236 Å². The second kappa shape index (κ2) is 9.78. The van der Waals surface area contributed by atoms with Crippen LogP contribution in [0.5, 0.6) is 11.6 Å². The van der Waals surface area contributed by atoms with E-state index < -0.39 is 35.1 Å². The van der Waals surface area contributed by atoms with Crippen LogP contribution in [0.15, 0.2) is 60.7 Å². The summed E-state index contributed by atoms with van der Waals surface area (Å²) in [5.41, 5.74) is -1.95. The number of hydrogen-bond donors (Lipinski definition) is 2. The van der Waals surface area contributed by atoms with E-state index in [9.17, 15) is 24.3 Å². The molecule has 2 fully saturated rings. The van der Waals surface area contributed by atoms with Crippen molar-refractivity contribution in [1.29, 1.82) is 5.26 Å². The van der Waals surface area contributed by atoms with Gasteiger partial charge in [0.05, 0.1) is 24.8 Å². The quantitative estimate of drug-likeness (QED) is 0.445. The van der Waals surface area contributed by atoms with Crippen molar-refractivity contribution in [2.24, 2.45) is 5.92 Å². The summed E-state index contributed by atoms with van der Waals surface area (Å²) in [6.07, 6.45) is -2.01. The maximum atomic E-state index is 14.0. The average molecular weight is 559 g/mol. The Morgan fingerprint density at radius 3 is 2.46 bits per heavy atom. The lowest BCUT2D eigenvalue weighted by Crippen LogP contribution is -2.52. The minimum Gasteiger partial charge on any atom is -0.479 e. The van der Waals surface area contributed by atoms with Crippen LogP contribution in [0.4, 0.5) is 14.6 Å². The van der Waals surface area contributed by atoms with Gasteiger partial charge in [0.2, 0.25) is 0 Å². The van der Waals surface area contributed by atoms with Gasteiger partial charge in [-0.25, -0.2) is 8.78 Å². The van der Waals surface area contributed by atoms with E-state index in [-0.39, 0.29) is 55.5 Å². The number of nitriles is 1. The highest BCUT2D eigenvalue weighted by molar-refractivity contribution is 5.62. The summed E-state index contributed by atoms with van der Waals surface area (Å²) >= 11 is 0. The van der Waals surface area contributed by atoms with Gasteiger partial charge in [0.15, 0.2) is 11.2 Å². The molecule has 6 rings (SSSR count). The number of likely N-dealkylation sites (tertiary alicyclic amines) is 1. The average Bonchev–Trinajstić information content (AvgIpc) is 3.36. The molecule has 0 spiro atoms. The van der Waals surface area contributed by atoms with E-state index >= 15 is 0 Å². The molecule has 0 radical (unpaired) electrons. The van der Waals surface area contributed by atoms with Gasteiger partial charge in [-0.1, -0.05) is 54.0 Å². The molecule has 3 aromatic rings. The third kappa shape index (κ3) is 3.98. The van der Waals surface area contributed by atoms with Crippen molar-refractivity contribution in [3.63, 3.8) is 0 Å². The highest BCUT2D eigenvalue weighted by Gasteiger charge is 2.77. The Balaban J connectivity index is 1.59. The standard InChI is InChI=1S/C31H28F2N4O4/c1-35-24-16-23-26(28(36-24)40-2)30(39)27(38)22(18-37-14-12-29(32,33)13-15-37)25(20-6-4-3-5-7-20)31(30,41-23)21-10-8-19(17-34)9-11-21/h3-11,16,22,25,27,38-39H,12-15,18H2,2H3/t22-,25-,27-,30+,31+/m1/s1. The molecule has 1 saturated heterocycles. The van der Waals surface area contributed by atoms with Gasteiger partial charge in [0, 0.05) is 50.4 Å². The minimum absolute atomic E-state index is 0.00398. The number of pyridine rings is 1. The summed E-state index contributed by atoms with van der Waals surface area (Å²) in [5, 5.41) is 34.5. The van der Waals surface area contributed by atoms with Gasteiger partial charge in [0.1, 0.15) is 11.3 Å². The Hall–Kier alpha value is -4.09. The molecule has 1 saturated carbocycles.